The Morgan fingerprint density at radius 3 is 3.08 bits per heavy atom. The standard InChI is InChI=1S/C17H12N6O/c1-23-14-7-10(5-6-11(14)8-20-23)16-21-17(24-22-16)12-3-2-4-13-15(12)19-9-18-13/h2-9H,1H3,(H,18,19). The highest BCUT2D eigenvalue weighted by molar-refractivity contribution is 5.89. The first kappa shape index (κ1) is 13.0. The molecule has 0 atom stereocenters. The van der Waals surface area contributed by atoms with Gasteiger partial charge in [-0.1, -0.05) is 23.4 Å². The van der Waals surface area contributed by atoms with Crippen molar-refractivity contribution in [2.75, 3.05) is 0 Å². The maximum Gasteiger partial charge on any atom is 0.260 e. The number of rotatable bonds is 2. The van der Waals surface area contributed by atoms with Crippen molar-refractivity contribution in [3.8, 4) is 22.8 Å². The van der Waals surface area contributed by atoms with Gasteiger partial charge in [0.2, 0.25) is 5.82 Å². The number of imidazole rings is 1. The first-order valence-corrected chi connectivity index (χ1v) is 7.48. The van der Waals surface area contributed by atoms with Crippen molar-refractivity contribution in [1.82, 2.24) is 29.9 Å². The normalized spacial score (nSPS) is 11.5. The third kappa shape index (κ3) is 1.84. The number of aryl methyl sites for hydroxylation is 1. The van der Waals surface area contributed by atoms with Gasteiger partial charge in [0.15, 0.2) is 0 Å². The molecule has 5 aromatic rings. The number of fused-ring (bicyclic) bond motifs is 2. The van der Waals surface area contributed by atoms with Gasteiger partial charge in [-0.15, -0.1) is 0 Å². The Kier molecular flexibility index (Phi) is 2.58. The quantitative estimate of drug-likeness (QED) is 0.540. The lowest BCUT2D eigenvalue weighted by molar-refractivity contribution is 0.432. The maximum absolute atomic E-state index is 5.47. The third-order valence-electron chi connectivity index (χ3n) is 4.11. The summed E-state index contributed by atoms with van der Waals surface area (Å²) in [5, 5.41) is 9.45. The van der Waals surface area contributed by atoms with E-state index in [1.165, 1.54) is 0 Å². The molecule has 0 radical (unpaired) electrons. The van der Waals surface area contributed by atoms with Crippen molar-refractivity contribution in [3.63, 3.8) is 0 Å². The molecule has 0 aliphatic carbocycles. The summed E-state index contributed by atoms with van der Waals surface area (Å²) in [5.41, 5.74) is 4.47. The van der Waals surface area contributed by atoms with Crippen LogP contribution < -0.4 is 0 Å². The lowest BCUT2D eigenvalue weighted by atomic mass is 10.1. The van der Waals surface area contributed by atoms with Crippen LogP contribution in [-0.4, -0.2) is 29.9 Å². The minimum absolute atomic E-state index is 0.452. The molecule has 0 unspecified atom stereocenters. The van der Waals surface area contributed by atoms with Gasteiger partial charge >= 0.3 is 0 Å². The van der Waals surface area contributed by atoms with Crippen LogP contribution in [0.1, 0.15) is 0 Å². The lowest BCUT2D eigenvalue weighted by Crippen LogP contribution is -1.89. The molecule has 0 spiro atoms. The number of nitrogens with zero attached hydrogens (tertiary/aromatic N) is 5. The summed E-state index contributed by atoms with van der Waals surface area (Å²) < 4.78 is 7.29. The zero-order valence-corrected chi connectivity index (χ0v) is 12.8. The molecular formula is C17H12N6O. The summed E-state index contributed by atoms with van der Waals surface area (Å²) in [4.78, 5) is 11.9. The molecule has 7 nitrogen and oxygen atoms in total. The Bertz CT molecular complexity index is 1180. The molecule has 0 saturated carbocycles. The maximum atomic E-state index is 5.47. The third-order valence-corrected chi connectivity index (χ3v) is 4.11. The molecule has 0 amide bonds. The van der Waals surface area contributed by atoms with E-state index >= 15 is 0 Å². The summed E-state index contributed by atoms with van der Waals surface area (Å²) in [7, 11) is 1.91. The van der Waals surface area contributed by atoms with Gasteiger partial charge in [-0.05, 0) is 18.2 Å². The van der Waals surface area contributed by atoms with Gasteiger partial charge in [-0.2, -0.15) is 10.1 Å². The van der Waals surface area contributed by atoms with Crippen LogP contribution in [0.25, 0.3) is 44.8 Å². The van der Waals surface area contributed by atoms with E-state index in [0.717, 1.165) is 33.1 Å². The van der Waals surface area contributed by atoms with E-state index in [1.807, 2.05) is 54.3 Å². The SMILES string of the molecule is Cn1ncc2ccc(-c3noc(-c4cccc5[nH]cnc45)n3)cc21. The Hall–Kier alpha value is -3.48. The van der Waals surface area contributed by atoms with Crippen LogP contribution in [0.15, 0.2) is 53.4 Å². The van der Waals surface area contributed by atoms with E-state index in [1.54, 1.807) is 6.33 Å². The predicted molar refractivity (Wildman–Crippen MR) is 89.1 cm³/mol. The number of hydrogen-bond acceptors (Lipinski definition) is 5. The molecule has 0 aliphatic rings. The number of hydrogen-bond donors (Lipinski definition) is 1. The van der Waals surface area contributed by atoms with Crippen molar-refractivity contribution in [1.29, 1.82) is 0 Å². The number of benzene rings is 2. The van der Waals surface area contributed by atoms with Crippen molar-refractivity contribution in [2.45, 2.75) is 0 Å². The molecular weight excluding hydrogens is 304 g/mol. The monoisotopic (exact) mass is 316 g/mol. The summed E-state index contributed by atoms with van der Waals surface area (Å²) in [6.07, 6.45) is 3.49. The Balaban J connectivity index is 1.63. The fourth-order valence-electron chi connectivity index (χ4n) is 2.87. The number of aromatic nitrogens is 6. The van der Waals surface area contributed by atoms with Gasteiger partial charge in [0.05, 0.1) is 29.1 Å². The van der Waals surface area contributed by atoms with Crippen LogP contribution in [0.3, 0.4) is 0 Å². The van der Waals surface area contributed by atoms with Crippen LogP contribution in [0.5, 0.6) is 0 Å². The number of aromatic amines is 1. The van der Waals surface area contributed by atoms with Crippen molar-refractivity contribution < 1.29 is 4.52 Å². The summed E-state index contributed by atoms with van der Waals surface area (Å²) in [5.74, 6) is 0.994. The van der Waals surface area contributed by atoms with E-state index < -0.39 is 0 Å². The molecule has 116 valence electrons. The first-order chi connectivity index (χ1) is 11.8. The molecule has 3 heterocycles. The predicted octanol–water partition coefficient (Wildman–Crippen LogP) is 3.17. The fraction of sp³-hybridized carbons (Fsp3) is 0.0588. The van der Waals surface area contributed by atoms with Gasteiger partial charge in [-0.3, -0.25) is 4.68 Å². The van der Waals surface area contributed by atoms with Crippen LogP contribution in [0.2, 0.25) is 0 Å². The molecule has 2 aromatic carbocycles. The van der Waals surface area contributed by atoms with Crippen LogP contribution >= 0.6 is 0 Å². The highest BCUT2D eigenvalue weighted by Crippen LogP contribution is 2.28. The Morgan fingerprint density at radius 2 is 2.12 bits per heavy atom. The molecule has 5 rings (SSSR count). The summed E-state index contributed by atoms with van der Waals surface area (Å²) in [6, 6.07) is 11.8. The van der Waals surface area contributed by atoms with Gasteiger partial charge < -0.3 is 9.51 Å². The van der Waals surface area contributed by atoms with E-state index in [2.05, 4.69) is 25.2 Å². The highest BCUT2D eigenvalue weighted by Gasteiger charge is 2.15. The summed E-state index contributed by atoms with van der Waals surface area (Å²) in [6.45, 7) is 0. The second-order valence-electron chi connectivity index (χ2n) is 5.57. The average molecular weight is 316 g/mol. The molecule has 7 heteroatoms. The minimum atomic E-state index is 0.452. The zero-order chi connectivity index (χ0) is 16.1. The molecule has 1 N–H and O–H groups in total. The first-order valence-electron chi connectivity index (χ1n) is 7.48. The molecule has 24 heavy (non-hydrogen) atoms. The number of para-hydroxylation sites is 1. The zero-order valence-electron chi connectivity index (χ0n) is 12.8. The van der Waals surface area contributed by atoms with Gasteiger partial charge in [0.1, 0.15) is 5.52 Å². The Morgan fingerprint density at radius 1 is 1.17 bits per heavy atom. The molecule has 0 saturated heterocycles. The van der Waals surface area contributed by atoms with Crippen molar-refractivity contribution >= 4 is 21.9 Å². The summed E-state index contributed by atoms with van der Waals surface area (Å²) >= 11 is 0. The molecule has 0 fully saturated rings. The van der Waals surface area contributed by atoms with E-state index in [0.29, 0.717) is 11.7 Å². The van der Waals surface area contributed by atoms with E-state index in [9.17, 15) is 0 Å². The molecule has 3 aromatic heterocycles. The van der Waals surface area contributed by atoms with Crippen molar-refractivity contribution in [2.24, 2.45) is 7.05 Å². The number of H-pyrrole nitrogens is 1. The van der Waals surface area contributed by atoms with E-state index in [4.69, 9.17) is 4.52 Å². The second kappa shape index (κ2) is 4.76. The smallest absolute Gasteiger partial charge is 0.260 e. The fourth-order valence-corrected chi connectivity index (χ4v) is 2.87. The molecule has 0 aliphatic heterocycles. The highest BCUT2D eigenvalue weighted by atomic mass is 16.5. The topological polar surface area (TPSA) is 85.4 Å². The number of nitrogens with one attached hydrogen (secondary N) is 1. The van der Waals surface area contributed by atoms with Crippen LogP contribution in [-0.2, 0) is 7.05 Å². The van der Waals surface area contributed by atoms with Gasteiger partial charge in [0, 0.05) is 18.0 Å². The van der Waals surface area contributed by atoms with Crippen molar-refractivity contribution in [3.05, 3.63) is 48.9 Å². The van der Waals surface area contributed by atoms with E-state index in [-0.39, 0.29) is 0 Å². The average Bonchev–Trinajstić information content (AvgIpc) is 3.34. The molecule has 0 bridgehead atoms. The van der Waals surface area contributed by atoms with Crippen LogP contribution in [0.4, 0.5) is 0 Å². The van der Waals surface area contributed by atoms with Gasteiger partial charge in [0.25, 0.3) is 5.89 Å². The minimum Gasteiger partial charge on any atom is -0.345 e. The van der Waals surface area contributed by atoms with Crippen LogP contribution in [0, 0.1) is 0 Å². The second-order valence-corrected chi connectivity index (χ2v) is 5.57. The largest absolute Gasteiger partial charge is 0.345 e. The Labute approximate surface area is 135 Å². The van der Waals surface area contributed by atoms with Gasteiger partial charge in [-0.25, -0.2) is 4.98 Å². The lowest BCUT2D eigenvalue weighted by Gasteiger charge is -1.97.